The first-order chi connectivity index (χ1) is 9.29. The van der Waals surface area contributed by atoms with E-state index in [4.69, 9.17) is 4.74 Å². The molecule has 2 aromatic heterocycles. The lowest BCUT2D eigenvalue weighted by Gasteiger charge is -2.03. The van der Waals surface area contributed by atoms with Crippen LogP contribution in [0.3, 0.4) is 0 Å². The molecule has 3 nitrogen and oxygen atoms in total. The second-order valence-corrected chi connectivity index (χ2v) is 5.79. The van der Waals surface area contributed by atoms with Gasteiger partial charge in [-0.2, -0.15) is 0 Å². The number of pyridine rings is 1. The molecule has 19 heavy (non-hydrogen) atoms. The summed E-state index contributed by atoms with van der Waals surface area (Å²) in [7, 11) is 1.97. The molecule has 2 aromatic rings. The summed E-state index contributed by atoms with van der Waals surface area (Å²) in [6.07, 6.45) is 2.69. The molecule has 0 spiro atoms. The molecule has 0 fully saturated rings. The highest BCUT2D eigenvalue weighted by molar-refractivity contribution is 7.12. The molecule has 0 atom stereocenters. The molecule has 0 amide bonds. The summed E-state index contributed by atoms with van der Waals surface area (Å²) in [6.45, 7) is 4.49. The molecule has 2 heterocycles. The number of rotatable bonds is 7. The van der Waals surface area contributed by atoms with Crippen molar-refractivity contribution < 1.29 is 4.74 Å². The molecule has 0 radical (unpaired) electrons. The summed E-state index contributed by atoms with van der Waals surface area (Å²) in [5.74, 6) is 0. The second-order valence-electron chi connectivity index (χ2n) is 4.45. The third-order valence-corrected chi connectivity index (χ3v) is 4.00. The molecular weight excluding hydrogens is 256 g/mol. The van der Waals surface area contributed by atoms with E-state index in [9.17, 15) is 0 Å². The van der Waals surface area contributed by atoms with E-state index in [0.29, 0.717) is 13.2 Å². The molecule has 1 N–H and O–H groups in total. The van der Waals surface area contributed by atoms with Gasteiger partial charge in [-0.05, 0) is 37.7 Å². The van der Waals surface area contributed by atoms with Crippen LogP contribution < -0.4 is 5.32 Å². The Balaban J connectivity index is 1.76. The van der Waals surface area contributed by atoms with Gasteiger partial charge in [-0.1, -0.05) is 6.07 Å². The van der Waals surface area contributed by atoms with Crippen LogP contribution >= 0.6 is 11.3 Å². The van der Waals surface area contributed by atoms with Crippen molar-refractivity contribution >= 4 is 11.3 Å². The lowest BCUT2D eigenvalue weighted by atomic mass is 10.2. The molecule has 0 unspecified atom stereocenters. The van der Waals surface area contributed by atoms with Gasteiger partial charge in [0.2, 0.25) is 0 Å². The van der Waals surface area contributed by atoms with Gasteiger partial charge in [0.25, 0.3) is 0 Å². The van der Waals surface area contributed by atoms with Crippen molar-refractivity contribution in [2.24, 2.45) is 0 Å². The number of ether oxygens (including phenoxy) is 1. The van der Waals surface area contributed by atoms with E-state index in [1.54, 1.807) is 0 Å². The van der Waals surface area contributed by atoms with E-state index in [-0.39, 0.29) is 0 Å². The van der Waals surface area contributed by atoms with Crippen LogP contribution in [-0.4, -0.2) is 18.6 Å². The average molecular weight is 276 g/mol. The molecule has 0 aliphatic heterocycles. The minimum atomic E-state index is 0.693. The largest absolute Gasteiger partial charge is 0.376 e. The van der Waals surface area contributed by atoms with E-state index in [1.807, 2.05) is 42.8 Å². The van der Waals surface area contributed by atoms with Gasteiger partial charge in [0.1, 0.15) is 0 Å². The zero-order valence-electron chi connectivity index (χ0n) is 11.5. The fourth-order valence-electron chi connectivity index (χ4n) is 1.90. The lowest BCUT2D eigenvalue weighted by molar-refractivity contribution is 0.123. The Hall–Kier alpha value is -1.23. The van der Waals surface area contributed by atoms with Crippen molar-refractivity contribution in [2.45, 2.75) is 26.5 Å². The summed E-state index contributed by atoms with van der Waals surface area (Å²) < 4.78 is 5.74. The van der Waals surface area contributed by atoms with Crippen LogP contribution in [0.25, 0.3) is 0 Å². The van der Waals surface area contributed by atoms with Crippen molar-refractivity contribution in [1.29, 1.82) is 0 Å². The van der Waals surface area contributed by atoms with Crippen molar-refractivity contribution in [2.75, 3.05) is 13.7 Å². The normalized spacial score (nSPS) is 10.8. The van der Waals surface area contributed by atoms with Crippen LogP contribution in [-0.2, 0) is 24.3 Å². The monoisotopic (exact) mass is 276 g/mol. The van der Waals surface area contributed by atoms with Crippen LogP contribution in [0.15, 0.2) is 30.5 Å². The first kappa shape index (κ1) is 14.2. The maximum absolute atomic E-state index is 5.74. The summed E-state index contributed by atoms with van der Waals surface area (Å²) >= 11 is 1.84. The summed E-state index contributed by atoms with van der Waals surface area (Å²) in [6, 6.07) is 8.21. The number of aromatic nitrogens is 1. The minimum absolute atomic E-state index is 0.693. The number of aryl methyl sites for hydroxylation is 1. The standard InChI is InChI=1S/C15H20N2OS/c1-12-13(9-15(19-12)10-16-2)11-18-8-6-14-5-3-4-7-17-14/h3-5,7,9,16H,6,8,10-11H2,1-2H3. The Morgan fingerprint density at radius 2 is 2.26 bits per heavy atom. The molecule has 0 saturated carbocycles. The molecule has 0 bridgehead atoms. The maximum atomic E-state index is 5.74. The second kappa shape index (κ2) is 7.38. The minimum Gasteiger partial charge on any atom is -0.376 e. The quantitative estimate of drug-likeness (QED) is 0.790. The predicted octanol–water partition coefficient (Wildman–Crippen LogP) is 2.93. The first-order valence-corrected chi connectivity index (χ1v) is 7.31. The smallest absolute Gasteiger partial charge is 0.0727 e. The van der Waals surface area contributed by atoms with Crippen molar-refractivity contribution in [3.8, 4) is 0 Å². The fraction of sp³-hybridized carbons (Fsp3) is 0.400. The molecule has 0 aliphatic carbocycles. The highest BCUT2D eigenvalue weighted by Crippen LogP contribution is 2.22. The van der Waals surface area contributed by atoms with E-state index in [2.05, 4.69) is 23.3 Å². The third-order valence-electron chi connectivity index (χ3n) is 2.91. The molecule has 0 aliphatic rings. The number of nitrogens with zero attached hydrogens (tertiary/aromatic N) is 1. The Bertz CT molecular complexity index is 496. The highest BCUT2D eigenvalue weighted by atomic mass is 32.1. The van der Waals surface area contributed by atoms with Gasteiger partial charge in [0, 0.05) is 34.6 Å². The first-order valence-electron chi connectivity index (χ1n) is 6.50. The lowest BCUT2D eigenvalue weighted by Crippen LogP contribution is -2.03. The Kier molecular flexibility index (Phi) is 5.51. The van der Waals surface area contributed by atoms with Crippen molar-refractivity contribution in [3.05, 3.63) is 51.5 Å². The van der Waals surface area contributed by atoms with Crippen LogP contribution in [0, 0.1) is 6.92 Å². The van der Waals surface area contributed by atoms with E-state index in [1.165, 1.54) is 15.3 Å². The zero-order chi connectivity index (χ0) is 13.5. The number of hydrogen-bond acceptors (Lipinski definition) is 4. The van der Waals surface area contributed by atoms with Gasteiger partial charge in [-0.3, -0.25) is 4.98 Å². The van der Waals surface area contributed by atoms with E-state index < -0.39 is 0 Å². The van der Waals surface area contributed by atoms with Gasteiger partial charge in [0.15, 0.2) is 0 Å². The number of thiophene rings is 1. The van der Waals surface area contributed by atoms with Gasteiger partial charge in [0.05, 0.1) is 13.2 Å². The van der Waals surface area contributed by atoms with Gasteiger partial charge < -0.3 is 10.1 Å². The average Bonchev–Trinajstić information content (AvgIpc) is 2.77. The van der Waals surface area contributed by atoms with Crippen molar-refractivity contribution in [3.63, 3.8) is 0 Å². The predicted molar refractivity (Wildman–Crippen MR) is 79.4 cm³/mol. The molecular formula is C15H20N2OS. The summed E-state index contributed by atoms with van der Waals surface area (Å²) in [5.41, 5.74) is 2.39. The van der Waals surface area contributed by atoms with Crippen LogP contribution in [0.4, 0.5) is 0 Å². The molecule has 0 aromatic carbocycles. The Morgan fingerprint density at radius 1 is 1.37 bits per heavy atom. The van der Waals surface area contributed by atoms with Gasteiger partial charge >= 0.3 is 0 Å². The number of hydrogen-bond donors (Lipinski definition) is 1. The van der Waals surface area contributed by atoms with Crippen LogP contribution in [0.2, 0.25) is 0 Å². The summed E-state index contributed by atoms with van der Waals surface area (Å²) in [5, 5.41) is 3.17. The van der Waals surface area contributed by atoms with E-state index in [0.717, 1.165) is 18.7 Å². The van der Waals surface area contributed by atoms with E-state index >= 15 is 0 Å². The SMILES string of the molecule is CNCc1cc(COCCc2ccccn2)c(C)s1. The molecule has 4 heteroatoms. The van der Waals surface area contributed by atoms with Crippen molar-refractivity contribution in [1.82, 2.24) is 10.3 Å². The van der Waals surface area contributed by atoms with Crippen LogP contribution in [0.1, 0.15) is 21.0 Å². The molecule has 0 saturated heterocycles. The van der Waals surface area contributed by atoms with Gasteiger partial charge in [-0.25, -0.2) is 0 Å². The molecule has 2 rings (SSSR count). The van der Waals surface area contributed by atoms with Crippen LogP contribution in [0.5, 0.6) is 0 Å². The highest BCUT2D eigenvalue weighted by Gasteiger charge is 2.05. The van der Waals surface area contributed by atoms with Gasteiger partial charge in [-0.15, -0.1) is 11.3 Å². The fourth-order valence-corrected chi connectivity index (χ4v) is 2.96. The third kappa shape index (κ3) is 4.42. The summed E-state index contributed by atoms with van der Waals surface area (Å²) in [4.78, 5) is 7.00. The Labute approximate surface area is 118 Å². The zero-order valence-corrected chi connectivity index (χ0v) is 12.3. The topological polar surface area (TPSA) is 34.1 Å². The maximum Gasteiger partial charge on any atom is 0.0727 e. The Morgan fingerprint density at radius 3 is 3.00 bits per heavy atom. The molecule has 102 valence electrons. The number of nitrogens with one attached hydrogen (secondary N) is 1.